The molecule has 86 valence electrons. The average Bonchev–Trinajstić information content (AvgIpc) is 2.31. The lowest BCUT2D eigenvalue weighted by Gasteiger charge is -2.24. The molecule has 16 heavy (non-hydrogen) atoms. The number of hydrogen-bond donors (Lipinski definition) is 0. The smallest absolute Gasteiger partial charge is 0.0640 e. The van der Waals surface area contributed by atoms with Gasteiger partial charge in [0, 0.05) is 32.6 Å². The summed E-state index contributed by atoms with van der Waals surface area (Å²) in [6.07, 6.45) is 3.99. The van der Waals surface area contributed by atoms with Crippen LogP contribution in [0.2, 0.25) is 0 Å². The highest BCUT2D eigenvalue weighted by Gasteiger charge is 2.09. The van der Waals surface area contributed by atoms with E-state index in [-0.39, 0.29) is 0 Å². The first-order valence-corrected chi connectivity index (χ1v) is 5.79. The highest BCUT2D eigenvalue weighted by Crippen LogP contribution is 2.24. The number of nitriles is 1. The zero-order chi connectivity index (χ0) is 11.8. The van der Waals surface area contributed by atoms with E-state index in [1.807, 2.05) is 6.07 Å². The Labute approximate surface area is 104 Å². The van der Waals surface area contributed by atoms with Crippen molar-refractivity contribution in [2.45, 2.75) is 6.42 Å². The molecule has 0 unspecified atom stereocenters. The third-order valence-electron chi connectivity index (χ3n) is 2.15. The molecule has 1 rings (SSSR count). The van der Waals surface area contributed by atoms with Gasteiger partial charge in [0.05, 0.1) is 29.3 Å². The van der Waals surface area contributed by atoms with E-state index in [4.69, 9.17) is 10.00 Å². The van der Waals surface area contributed by atoms with Gasteiger partial charge in [-0.3, -0.25) is 4.98 Å². The molecule has 0 aliphatic carbocycles. The first-order chi connectivity index (χ1) is 7.79. The van der Waals surface area contributed by atoms with Gasteiger partial charge in [0.15, 0.2) is 0 Å². The summed E-state index contributed by atoms with van der Waals surface area (Å²) in [7, 11) is 1.67. The number of anilines is 1. The van der Waals surface area contributed by atoms with Gasteiger partial charge in [-0.15, -0.1) is 0 Å². The van der Waals surface area contributed by atoms with E-state index in [0.29, 0.717) is 19.6 Å². The van der Waals surface area contributed by atoms with Crippen molar-refractivity contribution >= 4 is 21.6 Å². The molecular weight excluding hydrogens is 270 g/mol. The molecule has 0 atom stereocenters. The Kier molecular flexibility index (Phi) is 5.83. The molecule has 0 radical (unpaired) electrons. The predicted molar refractivity (Wildman–Crippen MR) is 66.3 cm³/mol. The Morgan fingerprint density at radius 2 is 2.38 bits per heavy atom. The van der Waals surface area contributed by atoms with Crippen LogP contribution in [0.1, 0.15) is 6.42 Å². The molecule has 0 spiro atoms. The fraction of sp³-hybridized carbons (Fsp3) is 0.455. The summed E-state index contributed by atoms with van der Waals surface area (Å²) in [6.45, 7) is 2.10. The van der Waals surface area contributed by atoms with Crippen LogP contribution in [0, 0.1) is 11.3 Å². The van der Waals surface area contributed by atoms with Crippen LogP contribution in [0.5, 0.6) is 0 Å². The lowest BCUT2D eigenvalue weighted by molar-refractivity contribution is 0.205. The van der Waals surface area contributed by atoms with Gasteiger partial charge in [0.25, 0.3) is 0 Å². The maximum atomic E-state index is 8.62. The lowest BCUT2D eigenvalue weighted by atomic mass is 10.3. The minimum Gasteiger partial charge on any atom is -0.383 e. The topological polar surface area (TPSA) is 49.1 Å². The molecule has 5 heteroatoms. The molecule has 0 saturated heterocycles. The Bertz CT molecular complexity index is 364. The number of pyridine rings is 1. The number of halogens is 1. The second-order valence-electron chi connectivity index (χ2n) is 3.22. The van der Waals surface area contributed by atoms with Crippen LogP contribution in [0.15, 0.2) is 22.9 Å². The minimum absolute atomic E-state index is 0.498. The van der Waals surface area contributed by atoms with E-state index in [1.54, 1.807) is 19.5 Å². The van der Waals surface area contributed by atoms with Gasteiger partial charge in [0.1, 0.15) is 0 Å². The predicted octanol–water partition coefficient (Wildman–Crippen LogP) is 2.21. The molecule has 1 aromatic heterocycles. The van der Waals surface area contributed by atoms with Crippen molar-refractivity contribution in [2.75, 3.05) is 31.7 Å². The first-order valence-electron chi connectivity index (χ1n) is 5.00. The van der Waals surface area contributed by atoms with Gasteiger partial charge in [-0.2, -0.15) is 5.26 Å². The van der Waals surface area contributed by atoms with Gasteiger partial charge in [0.2, 0.25) is 0 Å². The van der Waals surface area contributed by atoms with Crippen LogP contribution in [0.4, 0.5) is 5.69 Å². The number of methoxy groups -OCH3 is 1. The molecule has 0 bridgehead atoms. The van der Waals surface area contributed by atoms with Crippen LogP contribution in [-0.4, -0.2) is 31.8 Å². The van der Waals surface area contributed by atoms with Crippen molar-refractivity contribution in [3.8, 4) is 6.07 Å². The first kappa shape index (κ1) is 12.9. The summed E-state index contributed by atoms with van der Waals surface area (Å²) in [5.74, 6) is 0. The molecule has 0 aromatic carbocycles. The van der Waals surface area contributed by atoms with Crippen LogP contribution in [0.3, 0.4) is 0 Å². The van der Waals surface area contributed by atoms with Crippen LogP contribution in [0.25, 0.3) is 0 Å². The van der Waals surface area contributed by atoms with E-state index in [0.717, 1.165) is 16.7 Å². The number of ether oxygens (including phenoxy) is 1. The van der Waals surface area contributed by atoms with Gasteiger partial charge in [-0.1, -0.05) is 0 Å². The average molecular weight is 284 g/mol. The van der Waals surface area contributed by atoms with Crippen molar-refractivity contribution in [2.24, 2.45) is 0 Å². The number of nitrogens with zero attached hydrogens (tertiary/aromatic N) is 3. The molecule has 0 fully saturated rings. The van der Waals surface area contributed by atoms with E-state index in [9.17, 15) is 0 Å². The van der Waals surface area contributed by atoms with Crippen molar-refractivity contribution in [3.05, 3.63) is 22.9 Å². The fourth-order valence-electron chi connectivity index (χ4n) is 1.36. The largest absolute Gasteiger partial charge is 0.383 e. The molecule has 1 aromatic rings. The number of rotatable bonds is 6. The Hall–Kier alpha value is -1.12. The van der Waals surface area contributed by atoms with Crippen molar-refractivity contribution in [1.82, 2.24) is 4.98 Å². The molecule has 1 heterocycles. The van der Waals surface area contributed by atoms with Gasteiger partial charge in [-0.05, 0) is 22.0 Å². The molecule has 0 N–H and O–H groups in total. The quantitative estimate of drug-likeness (QED) is 0.803. The standard InChI is InChI=1S/C11H14BrN3O/c1-16-8-7-15(6-2-4-13)11-3-5-14-9-10(11)12/h3,5,9H,2,6-8H2,1H3. The van der Waals surface area contributed by atoms with Gasteiger partial charge >= 0.3 is 0 Å². The SMILES string of the molecule is COCCN(CCC#N)c1ccncc1Br. The summed E-state index contributed by atoms with van der Waals surface area (Å²) >= 11 is 3.45. The number of aromatic nitrogens is 1. The highest BCUT2D eigenvalue weighted by atomic mass is 79.9. The lowest BCUT2D eigenvalue weighted by Crippen LogP contribution is -2.28. The van der Waals surface area contributed by atoms with Gasteiger partial charge < -0.3 is 9.64 Å². The molecular formula is C11H14BrN3O. The van der Waals surface area contributed by atoms with Gasteiger partial charge in [-0.25, -0.2) is 0 Å². The monoisotopic (exact) mass is 283 g/mol. The molecule has 0 aliphatic heterocycles. The van der Waals surface area contributed by atoms with Crippen molar-refractivity contribution in [1.29, 1.82) is 5.26 Å². The molecule has 0 saturated carbocycles. The van der Waals surface area contributed by atoms with E-state index in [2.05, 4.69) is 31.9 Å². The zero-order valence-corrected chi connectivity index (χ0v) is 10.8. The normalized spacial score (nSPS) is 9.81. The summed E-state index contributed by atoms with van der Waals surface area (Å²) in [4.78, 5) is 6.13. The summed E-state index contributed by atoms with van der Waals surface area (Å²) in [6, 6.07) is 4.08. The summed E-state index contributed by atoms with van der Waals surface area (Å²) in [5.41, 5.74) is 1.04. The minimum atomic E-state index is 0.498. The molecule has 4 nitrogen and oxygen atoms in total. The van der Waals surface area contributed by atoms with E-state index in [1.165, 1.54) is 0 Å². The Morgan fingerprint density at radius 3 is 3.00 bits per heavy atom. The molecule has 0 aliphatic rings. The second-order valence-corrected chi connectivity index (χ2v) is 4.07. The van der Waals surface area contributed by atoms with Crippen LogP contribution >= 0.6 is 15.9 Å². The zero-order valence-electron chi connectivity index (χ0n) is 9.19. The third kappa shape index (κ3) is 3.80. The van der Waals surface area contributed by atoms with E-state index < -0.39 is 0 Å². The molecule has 0 amide bonds. The highest BCUT2D eigenvalue weighted by molar-refractivity contribution is 9.10. The third-order valence-corrected chi connectivity index (χ3v) is 2.76. The summed E-state index contributed by atoms with van der Waals surface area (Å²) < 4.78 is 5.99. The van der Waals surface area contributed by atoms with E-state index >= 15 is 0 Å². The summed E-state index contributed by atoms with van der Waals surface area (Å²) in [5, 5.41) is 8.62. The second kappa shape index (κ2) is 7.20. The Morgan fingerprint density at radius 1 is 1.56 bits per heavy atom. The van der Waals surface area contributed by atoms with Crippen LogP contribution in [-0.2, 0) is 4.74 Å². The van der Waals surface area contributed by atoms with Crippen molar-refractivity contribution in [3.63, 3.8) is 0 Å². The maximum absolute atomic E-state index is 8.62. The Balaban J connectivity index is 2.75. The van der Waals surface area contributed by atoms with Crippen LogP contribution < -0.4 is 4.90 Å². The van der Waals surface area contributed by atoms with Crippen molar-refractivity contribution < 1.29 is 4.74 Å². The number of hydrogen-bond acceptors (Lipinski definition) is 4. The maximum Gasteiger partial charge on any atom is 0.0640 e. The fourth-order valence-corrected chi connectivity index (χ4v) is 1.86.